The maximum absolute atomic E-state index is 11.8. The Labute approximate surface area is 112 Å². The fourth-order valence-electron chi connectivity index (χ4n) is 1.49. The van der Waals surface area contributed by atoms with Crippen molar-refractivity contribution in [2.24, 2.45) is 5.41 Å². The van der Waals surface area contributed by atoms with E-state index in [-0.39, 0.29) is 11.5 Å². The maximum atomic E-state index is 11.8. The van der Waals surface area contributed by atoms with Crippen LogP contribution in [0.25, 0.3) is 0 Å². The number of amides is 1. The van der Waals surface area contributed by atoms with E-state index >= 15 is 0 Å². The van der Waals surface area contributed by atoms with Crippen LogP contribution in [0, 0.1) is 5.41 Å². The number of rotatable bonds is 6. The zero-order valence-corrected chi connectivity index (χ0v) is 13.1. The van der Waals surface area contributed by atoms with Gasteiger partial charge in [0.1, 0.15) is 5.60 Å². The Hall–Kier alpha value is -0.770. The third kappa shape index (κ3) is 8.34. The van der Waals surface area contributed by atoms with Gasteiger partial charge in [-0.2, -0.15) is 0 Å². The van der Waals surface area contributed by atoms with Crippen LogP contribution < -0.4 is 5.32 Å². The monoisotopic (exact) mass is 258 g/mol. The van der Waals surface area contributed by atoms with Crippen molar-refractivity contribution in [3.8, 4) is 0 Å². The van der Waals surface area contributed by atoms with E-state index in [4.69, 9.17) is 4.74 Å². The van der Waals surface area contributed by atoms with Crippen molar-refractivity contribution in [3.63, 3.8) is 0 Å². The van der Waals surface area contributed by atoms with Crippen molar-refractivity contribution in [2.45, 2.75) is 53.1 Å². The molecule has 0 bridgehead atoms. The zero-order valence-electron chi connectivity index (χ0n) is 13.1. The predicted octanol–water partition coefficient (Wildman–Crippen LogP) is 2.88. The summed E-state index contributed by atoms with van der Waals surface area (Å²) in [5, 5.41) is 3.16. The second-order valence-corrected chi connectivity index (χ2v) is 6.67. The van der Waals surface area contributed by atoms with Gasteiger partial charge in [0, 0.05) is 13.6 Å². The van der Waals surface area contributed by atoms with Crippen LogP contribution in [-0.4, -0.2) is 43.8 Å². The number of carbonyl (C=O) groups is 1. The van der Waals surface area contributed by atoms with E-state index in [0.29, 0.717) is 0 Å². The summed E-state index contributed by atoms with van der Waals surface area (Å²) in [6.45, 7) is 11.8. The number of nitrogens with zero attached hydrogens (tertiary/aromatic N) is 1. The van der Waals surface area contributed by atoms with Crippen LogP contribution in [0.15, 0.2) is 0 Å². The molecule has 0 unspecified atom stereocenters. The number of nitrogens with one attached hydrogen (secondary N) is 1. The van der Waals surface area contributed by atoms with Crippen LogP contribution >= 0.6 is 0 Å². The Bertz CT molecular complexity index is 257. The molecule has 0 aromatic heterocycles. The van der Waals surface area contributed by atoms with Crippen molar-refractivity contribution in [3.05, 3.63) is 0 Å². The first-order valence-corrected chi connectivity index (χ1v) is 6.66. The summed E-state index contributed by atoms with van der Waals surface area (Å²) >= 11 is 0. The molecule has 0 spiro atoms. The molecule has 4 heteroatoms. The first-order valence-electron chi connectivity index (χ1n) is 6.66. The smallest absolute Gasteiger partial charge is 0.410 e. The number of carbonyl (C=O) groups excluding carboxylic acids is 1. The van der Waals surface area contributed by atoms with Crippen molar-refractivity contribution in [2.75, 3.05) is 27.2 Å². The molecule has 0 aliphatic carbocycles. The Morgan fingerprint density at radius 1 is 1.17 bits per heavy atom. The molecular formula is C14H30N2O2. The van der Waals surface area contributed by atoms with E-state index in [2.05, 4.69) is 19.2 Å². The highest BCUT2D eigenvalue weighted by Crippen LogP contribution is 2.24. The van der Waals surface area contributed by atoms with E-state index in [1.54, 1.807) is 11.9 Å². The molecule has 108 valence electrons. The van der Waals surface area contributed by atoms with Gasteiger partial charge in [0.2, 0.25) is 0 Å². The second kappa shape index (κ2) is 6.98. The molecule has 0 saturated heterocycles. The lowest BCUT2D eigenvalue weighted by molar-refractivity contribution is 0.0280. The highest BCUT2D eigenvalue weighted by Gasteiger charge is 2.22. The molecule has 1 amide bonds. The Balaban J connectivity index is 4.09. The van der Waals surface area contributed by atoms with E-state index in [1.165, 1.54) is 0 Å². The summed E-state index contributed by atoms with van der Waals surface area (Å²) in [6, 6.07) is 0. The van der Waals surface area contributed by atoms with Gasteiger partial charge in [0.25, 0.3) is 0 Å². The molecule has 0 radical (unpaired) electrons. The van der Waals surface area contributed by atoms with Crippen LogP contribution in [0.2, 0.25) is 0 Å². The van der Waals surface area contributed by atoms with Crippen LogP contribution in [0.1, 0.15) is 47.5 Å². The fourth-order valence-corrected chi connectivity index (χ4v) is 1.49. The minimum atomic E-state index is -0.424. The normalized spacial score (nSPS) is 12.4. The Morgan fingerprint density at radius 2 is 1.72 bits per heavy atom. The number of hydrogen-bond acceptors (Lipinski definition) is 3. The van der Waals surface area contributed by atoms with Crippen molar-refractivity contribution in [1.29, 1.82) is 0 Å². The molecule has 0 fully saturated rings. The van der Waals surface area contributed by atoms with Crippen LogP contribution in [0.4, 0.5) is 4.79 Å². The molecule has 0 aliphatic heterocycles. The molecule has 0 rings (SSSR count). The molecule has 0 aromatic rings. The van der Waals surface area contributed by atoms with Crippen LogP contribution in [0.3, 0.4) is 0 Å². The summed E-state index contributed by atoms with van der Waals surface area (Å²) in [4.78, 5) is 13.4. The standard InChI is InChI=1S/C14H30N2O2/c1-13(2,3)18-12(17)16(7)11-9-14(4,5)8-10-15-6/h15H,8-11H2,1-7H3. The summed E-state index contributed by atoms with van der Waals surface area (Å²) in [7, 11) is 3.76. The topological polar surface area (TPSA) is 41.6 Å². The summed E-state index contributed by atoms with van der Waals surface area (Å²) in [5.74, 6) is 0. The molecule has 0 aromatic carbocycles. The Kier molecular flexibility index (Phi) is 6.68. The molecule has 0 atom stereocenters. The van der Waals surface area contributed by atoms with E-state index in [1.807, 2.05) is 27.8 Å². The molecule has 4 nitrogen and oxygen atoms in total. The van der Waals surface area contributed by atoms with Crippen molar-refractivity contribution >= 4 is 6.09 Å². The minimum Gasteiger partial charge on any atom is -0.444 e. The molecule has 0 saturated carbocycles. The van der Waals surface area contributed by atoms with E-state index in [9.17, 15) is 4.79 Å². The molecule has 0 heterocycles. The maximum Gasteiger partial charge on any atom is 0.410 e. The van der Waals surface area contributed by atoms with Crippen LogP contribution in [0.5, 0.6) is 0 Å². The van der Waals surface area contributed by atoms with Crippen molar-refractivity contribution in [1.82, 2.24) is 10.2 Å². The number of hydrogen-bond donors (Lipinski definition) is 1. The lowest BCUT2D eigenvalue weighted by Gasteiger charge is -2.29. The molecule has 18 heavy (non-hydrogen) atoms. The first kappa shape index (κ1) is 17.2. The number of ether oxygens (including phenoxy) is 1. The van der Waals surface area contributed by atoms with Gasteiger partial charge in [-0.15, -0.1) is 0 Å². The average molecular weight is 258 g/mol. The Morgan fingerprint density at radius 3 is 2.17 bits per heavy atom. The highest BCUT2D eigenvalue weighted by molar-refractivity contribution is 5.67. The van der Waals surface area contributed by atoms with E-state index < -0.39 is 5.60 Å². The summed E-state index contributed by atoms with van der Waals surface area (Å²) < 4.78 is 5.32. The van der Waals surface area contributed by atoms with Crippen LogP contribution in [-0.2, 0) is 4.74 Å². The zero-order chi connectivity index (χ0) is 14.4. The minimum absolute atomic E-state index is 0.235. The van der Waals surface area contributed by atoms with Gasteiger partial charge in [0.05, 0.1) is 0 Å². The molecule has 0 aliphatic rings. The highest BCUT2D eigenvalue weighted by atomic mass is 16.6. The van der Waals surface area contributed by atoms with Gasteiger partial charge in [-0.3, -0.25) is 0 Å². The van der Waals surface area contributed by atoms with Gasteiger partial charge < -0.3 is 15.0 Å². The van der Waals surface area contributed by atoms with Crippen molar-refractivity contribution < 1.29 is 9.53 Å². The summed E-state index contributed by atoms with van der Waals surface area (Å²) in [6.07, 6.45) is 1.84. The third-order valence-corrected chi connectivity index (χ3v) is 2.88. The average Bonchev–Trinajstić information content (AvgIpc) is 2.21. The largest absolute Gasteiger partial charge is 0.444 e. The lowest BCUT2D eigenvalue weighted by atomic mass is 9.85. The summed E-state index contributed by atoms with van der Waals surface area (Å²) in [5.41, 5.74) is -0.188. The van der Waals surface area contributed by atoms with E-state index in [0.717, 1.165) is 25.9 Å². The molecule has 1 N–H and O–H groups in total. The SMILES string of the molecule is CNCCC(C)(C)CCN(C)C(=O)OC(C)(C)C. The second-order valence-electron chi connectivity index (χ2n) is 6.67. The fraction of sp³-hybridized carbons (Fsp3) is 0.929. The quantitative estimate of drug-likeness (QED) is 0.796. The predicted molar refractivity (Wildman–Crippen MR) is 75.8 cm³/mol. The first-order chi connectivity index (χ1) is 8.07. The van der Waals surface area contributed by atoms with Gasteiger partial charge in [-0.05, 0) is 52.6 Å². The molecular weight excluding hydrogens is 228 g/mol. The van der Waals surface area contributed by atoms with Gasteiger partial charge in [0.15, 0.2) is 0 Å². The van der Waals surface area contributed by atoms with Gasteiger partial charge in [-0.1, -0.05) is 13.8 Å². The lowest BCUT2D eigenvalue weighted by Crippen LogP contribution is -2.36. The third-order valence-electron chi connectivity index (χ3n) is 2.88. The van der Waals surface area contributed by atoms with Gasteiger partial charge >= 0.3 is 6.09 Å². The van der Waals surface area contributed by atoms with Gasteiger partial charge in [-0.25, -0.2) is 4.79 Å².